The molecule has 2 aliphatic rings. The number of hydrogen-bond acceptors (Lipinski definition) is 5. The summed E-state index contributed by atoms with van der Waals surface area (Å²) in [7, 11) is -3.79. The summed E-state index contributed by atoms with van der Waals surface area (Å²) in [6, 6.07) is 13.2. The van der Waals surface area contributed by atoms with Crippen molar-refractivity contribution in [2.24, 2.45) is 0 Å². The third-order valence-corrected chi connectivity index (χ3v) is 6.96. The number of benzene rings is 2. The minimum atomic E-state index is -3.79. The van der Waals surface area contributed by atoms with Crippen LogP contribution in [0.5, 0.6) is 11.5 Å². The van der Waals surface area contributed by atoms with Gasteiger partial charge in [-0.2, -0.15) is 4.31 Å². The van der Waals surface area contributed by atoms with Gasteiger partial charge in [-0.3, -0.25) is 4.79 Å². The Balaban J connectivity index is 1.49. The van der Waals surface area contributed by atoms with Crippen molar-refractivity contribution in [3.8, 4) is 11.5 Å². The molecule has 1 amide bonds. The second-order valence-electron chi connectivity index (χ2n) is 6.87. The summed E-state index contributed by atoms with van der Waals surface area (Å²) in [5.74, 6) is 0.648. The Bertz CT molecular complexity index is 977. The number of nitrogens with one attached hydrogen (secondary N) is 1. The summed E-state index contributed by atoms with van der Waals surface area (Å²) in [5, 5.41) is 2.91. The SMILES string of the molecule is C[C@H](NC(=O)[C@H]1CCN1S(=O)(=O)c1ccc2c(c1)OCCO2)c1ccccc1. The number of fused-ring (bicyclic) bond motifs is 1. The number of sulfonamides is 1. The van der Waals surface area contributed by atoms with Gasteiger partial charge in [-0.15, -0.1) is 0 Å². The van der Waals surface area contributed by atoms with Gasteiger partial charge in [-0.25, -0.2) is 8.42 Å². The van der Waals surface area contributed by atoms with Crippen molar-refractivity contribution in [3.63, 3.8) is 0 Å². The first-order valence-electron chi connectivity index (χ1n) is 9.23. The van der Waals surface area contributed by atoms with E-state index in [1.807, 2.05) is 37.3 Å². The van der Waals surface area contributed by atoms with Crippen molar-refractivity contribution in [1.82, 2.24) is 9.62 Å². The number of amides is 1. The summed E-state index contributed by atoms with van der Waals surface area (Å²) < 4.78 is 38.2. The van der Waals surface area contributed by atoms with E-state index in [4.69, 9.17) is 9.47 Å². The highest BCUT2D eigenvalue weighted by atomic mass is 32.2. The Morgan fingerprint density at radius 3 is 2.50 bits per heavy atom. The lowest BCUT2D eigenvalue weighted by Crippen LogP contribution is -2.58. The predicted octanol–water partition coefficient (Wildman–Crippen LogP) is 2.10. The summed E-state index contributed by atoms with van der Waals surface area (Å²) in [4.78, 5) is 12.8. The number of rotatable bonds is 5. The predicted molar refractivity (Wildman–Crippen MR) is 103 cm³/mol. The first kappa shape index (κ1) is 18.8. The molecule has 0 spiro atoms. The van der Waals surface area contributed by atoms with Gasteiger partial charge in [0.1, 0.15) is 19.3 Å². The van der Waals surface area contributed by atoms with E-state index in [1.165, 1.54) is 16.4 Å². The van der Waals surface area contributed by atoms with Crippen molar-refractivity contribution >= 4 is 15.9 Å². The molecule has 1 fully saturated rings. The van der Waals surface area contributed by atoms with Gasteiger partial charge in [0.25, 0.3) is 0 Å². The molecule has 28 heavy (non-hydrogen) atoms. The Morgan fingerprint density at radius 1 is 1.11 bits per heavy atom. The van der Waals surface area contributed by atoms with Crippen molar-refractivity contribution in [3.05, 3.63) is 54.1 Å². The quantitative estimate of drug-likeness (QED) is 0.828. The molecule has 2 atom stereocenters. The molecule has 2 aliphatic heterocycles. The minimum Gasteiger partial charge on any atom is -0.486 e. The highest BCUT2D eigenvalue weighted by Gasteiger charge is 2.43. The molecular formula is C20H22N2O5S. The summed E-state index contributed by atoms with van der Waals surface area (Å²) in [6.45, 7) is 3.01. The van der Waals surface area contributed by atoms with E-state index >= 15 is 0 Å². The Kier molecular flexibility index (Phi) is 4.99. The topological polar surface area (TPSA) is 84.9 Å². The average Bonchev–Trinajstić information content (AvgIpc) is 2.67. The summed E-state index contributed by atoms with van der Waals surface area (Å²) >= 11 is 0. The average molecular weight is 402 g/mol. The van der Waals surface area contributed by atoms with Crippen molar-refractivity contribution in [2.75, 3.05) is 19.8 Å². The van der Waals surface area contributed by atoms with Gasteiger partial charge in [0.05, 0.1) is 10.9 Å². The van der Waals surface area contributed by atoms with E-state index in [0.717, 1.165) is 5.56 Å². The first-order valence-corrected chi connectivity index (χ1v) is 10.7. The first-order chi connectivity index (χ1) is 13.5. The van der Waals surface area contributed by atoms with E-state index in [0.29, 0.717) is 37.7 Å². The molecule has 0 aromatic heterocycles. The fourth-order valence-corrected chi connectivity index (χ4v) is 5.02. The van der Waals surface area contributed by atoms with Crippen LogP contribution in [0.4, 0.5) is 0 Å². The van der Waals surface area contributed by atoms with E-state index in [9.17, 15) is 13.2 Å². The number of nitrogens with zero attached hydrogens (tertiary/aromatic N) is 1. The Labute approximate surface area is 164 Å². The van der Waals surface area contributed by atoms with Crippen LogP contribution in [0.2, 0.25) is 0 Å². The number of carbonyl (C=O) groups is 1. The van der Waals surface area contributed by atoms with Crippen molar-refractivity contribution < 1.29 is 22.7 Å². The maximum absolute atomic E-state index is 13.0. The zero-order valence-electron chi connectivity index (χ0n) is 15.5. The standard InChI is InChI=1S/C20H22N2O5S/c1-14(15-5-3-2-4-6-15)21-20(23)17-9-10-22(17)28(24,25)16-7-8-18-19(13-16)27-12-11-26-18/h2-8,13-14,17H,9-12H2,1H3,(H,21,23)/t14-,17+/m0/s1. The maximum atomic E-state index is 13.0. The van der Waals surface area contributed by atoms with E-state index in [-0.39, 0.29) is 16.8 Å². The smallest absolute Gasteiger partial charge is 0.243 e. The molecule has 0 bridgehead atoms. The van der Waals surface area contributed by atoms with E-state index in [2.05, 4.69) is 5.32 Å². The lowest BCUT2D eigenvalue weighted by molar-refractivity contribution is -0.128. The summed E-state index contributed by atoms with van der Waals surface area (Å²) in [6.07, 6.45) is 0.497. The van der Waals surface area contributed by atoms with Gasteiger partial charge in [-0.1, -0.05) is 30.3 Å². The fraction of sp³-hybridized carbons (Fsp3) is 0.350. The van der Waals surface area contributed by atoms with Crippen LogP contribution in [0.3, 0.4) is 0 Å². The van der Waals surface area contributed by atoms with Crippen LogP contribution in [0.1, 0.15) is 24.9 Å². The molecular weight excluding hydrogens is 380 g/mol. The Hall–Kier alpha value is -2.58. The van der Waals surface area contributed by atoms with Crippen LogP contribution >= 0.6 is 0 Å². The molecule has 2 aromatic rings. The van der Waals surface area contributed by atoms with Crippen LogP contribution in [-0.4, -0.2) is 44.4 Å². The highest BCUT2D eigenvalue weighted by Crippen LogP contribution is 2.35. The van der Waals surface area contributed by atoms with Gasteiger partial charge >= 0.3 is 0 Å². The molecule has 148 valence electrons. The highest BCUT2D eigenvalue weighted by molar-refractivity contribution is 7.89. The molecule has 4 rings (SSSR count). The molecule has 1 N–H and O–H groups in total. The largest absolute Gasteiger partial charge is 0.486 e. The second kappa shape index (κ2) is 7.44. The molecule has 1 saturated heterocycles. The number of carbonyl (C=O) groups excluding carboxylic acids is 1. The van der Waals surface area contributed by atoms with Crippen LogP contribution in [0.15, 0.2) is 53.4 Å². The molecule has 0 unspecified atom stereocenters. The van der Waals surface area contributed by atoms with Crippen LogP contribution < -0.4 is 14.8 Å². The lowest BCUT2D eigenvalue weighted by Gasteiger charge is -2.39. The fourth-order valence-electron chi connectivity index (χ4n) is 3.37. The summed E-state index contributed by atoms with van der Waals surface area (Å²) in [5.41, 5.74) is 0.969. The zero-order valence-corrected chi connectivity index (χ0v) is 16.3. The lowest BCUT2D eigenvalue weighted by atomic mass is 10.0. The van der Waals surface area contributed by atoms with Gasteiger partial charge in [0.15, 0.2) is 11.5 Å². The zero-order chi connectivity index (χ0) is 19.7. The van der Waals surface area contributed by atoms with Crippen LogP contribution in [0.25, 0.3) is 0 Å². The molecule has 0 saturated carbocycles. The maximum Gasteiger partial charge on any atom is 0.243 e. The van der Waals surface area contributed by atoms with Crippen molar-refractivity contribution in [1.29, 1.82) is 0 Å². The molecule has 2 aromatic carbocycles. The Morgan fingerprint density at radius 2 is 1.82 bits per heavy atom. The van der Waals surface area contributed by atoms with Gasteiger partial charge in [0, 0.05) is 12.6 Å². The van der Waals surface area contributed by atoms with Gasteiger partial charge in [-0.05, 0) is 31.0 Å². The van der Waals surface area contributed by atoms with Gasteiger partial charge < -0.3 is 14.8 Å². The van der Waals surface area contributed by atoms with Gasteiger partial charge in [0.2, 0.25) is 15.9 Å². The molecule has 2 heterocycles. The van der Waals surface area contributed by atoms with Crippen LogP contribution in [-0.2, 0) is 14.8 Å². The van der Waals surface area contributed by atoms with Crippen molar-refractivity contribution in [2.45, 2.75) is 30.3 Å². The monoisotopic (exact) mass is 402 g/mol. The molecule has 8 heteroatoms. The van der Waals surface area contributed by atoms with E-state index < -0.39 is 16.1 Å². The third kappa shape index (κ3) is 3.45. The minimum absolute atomic E-state index is 0.102. The third-order valence-electron chi connectivity index (χ3n) is 5.05. The molecule has 0 aliphatic carbocycles. The normalized spacial score (nSPS) is 20.1. The number of hydrogen-bond donors (Lipinski definition) is 1. The molecule has 7 nitrogen and oxygen atoms in total. The molecule has 0 radical (unpaired) electrons. The van der Waals surface area contributed by atoms with E-state index in [1.54, 1.807) is 6.07 Å². The number of ether oxygens (including phenoxy) is 2. The second-order valence-corrected chi connectivity index (χ2v) is 8.76. The van der Waals surface area contributed by atoms with Crippen LogP contribution in [0, 0.1) is 0 Å².